The van der Waals surface area contributed by atoms with Gasteiger partial charge in [0.1, 0.15) is 23.9 Å². The first-order valence-electron chi connectivity index (χ1n) is 13.8. The molecule has 1 aromatic heterocycles. The molecule has 3 fully saturated rings. The average molecular weight is 592 g/mol. The third-order valence-corrected chi connectivity index (χ3v) is 9.70. The number of aryl methyl sites for hydroxylation is 1. The van der Waals surface area contributed by atoms with Gasteiger partial charge in [-0.3, -0.25) is 19.1 Å². The topological polar surface area (TPSA) is 142 Å². The van der Waals surface area contributed by atoms with E-state index in [4.69, 9.17) is 23.3 Å². The number of benzene rings is 1. The summed E-state index contributed by atoms with van der Waals surface area (Å²) >= 11 is 0. The van der Waals surface area contributed by atoms with E-state index in [0.29, 0.717) is 0 Å². The van der Waals surface area contributed by atoms with Crippen molar-refractivity contribution in [1.29, 1.82) is 0 Å². The molecule has 7 atom stereocenters. The highest BCUT2D eigenvalue weighted by atomic mass is 31.2. The van der Waals surface area contributed by atoms with Crippen LogP contribution in [0.4, 0.5) is 0 Å². The van der Waals surface area contributed by atoms with Gasteiger partial charge in [0.15, 0.2) is 13.0 Å². The van der Waals surface area contributed by atoms with Gasteiger partial charge in [-0.2, -0.15) is 0 Å². The summed E-state index contributed by atoms with van der Waals surface area (Å²) in [6.07, 6.45) is -0.544. The minimum atomic E-state index is -1.61. The SMILES string of the molecule is Cc1cn([C@@H]2O[C@H](CO)C(O[P@@]3O[C@](C)(c4ccccc4)[C@@H]4CCCN43)[C@@H]2OCOC(=O)C(C)(C)C)c(=O)[nH]c1=O. The largest absolute Gasteiger partial charge is 0.438 e. The predicted molar refractivity (Wildman–Crippen MR) is 149 cm³/mol. The molecule has 2 aromatic rings. The second-order valence-corrected chi connectivity index (χ2v) is 13.2. The number of carbonyl (C=O) groups is 1. The predicted octanol–water partition coefficient (Wildman–Crippen LogP) is 2.69. The average Bonchev–Trinajstić information content (AvgIpc) is 3.62. The number of rotatable bonds is 8. The number of ether oxygens (including phenoxy) is 3. The van der Waals surface area contributed by atoms with Crippen LogP contribution in [0.2, 0.25) is 0 Å². The van der Waals surface area contributed by atoms with Gasteiger partial charge in [0.25, 0.3) is 14.1 Å². The quantitative estimate of drug-likeness (QED) is 0.267. The molecule has 41 heavy (non-hydrogen) atoms. The summed E-state index contributed by atoms with van der Waals surface area (Å²) in [5.41, 5.74) is -1.25. The zero-order valence-electron chi connectivity index (χ0n) is 23.9. The van der Waals surface area contributed by atoms with E-state index in [1.165, 1.54) is 10.8 Å². The summed E-state index contributed by atoms with van der Waals surface area (Å²) in [6, 6.07) is 10.1. The molecule has 5 rings (SSSR count). The number of hydrogen-bond acceptors (Lipinski definition) is 10. The maximum absolute atomic E-state index is 12.8. The summed E-state index contributed by atoms with van der Waals surface area (Å²) in [4.78, 5) is 39.6. The number of aromatic amines is 1. The fraction of sp³-hybridized carbons (Fsp3) is 0.607. The van der Waals surface area contributed by atoms with Crippen LogP contribution in [0, 0.1) is 12.3 Å². The van der Waals surface area contributed by atoms with Crippen LogP contribution in [0.1, 0.15) is 57.9 Å². The maximum Gasteiger partial charge on any atom is 0.330 e. The Balaban J connectivity index is 1.45. The number of H-pyrrole nitrogens is 1. The monoisotopic (exact) mass is 591 g/mol. The van der Waals surface area contributed by atoms with E-state index >= 15 is 0 Å². The number of hydrogen-bond donors (Lipinski definition) is 2. The standard InChI is InChI=1S/C28H38N3O9P/c1-17-14-30(26(35)29-23(17)33)24-22(36-16-37-25(34)27(2,3)4)21(19(15-32)38-24)39-41-31-13-9-12-20(31)28(5,40-41)18-10-7-6-8-11-18/h6-8,10-11,14,19-22,24,32H,9,12-13,15-16H2,1-5H3,(H,29,33,35)/t19-,20+,21?,22+,24-,28-,41+/m1/s1. The third kappa shape index (κ3) is 5.79. The van der Waals surface area contributed by atoms with Crippen LogP contribution in [-0.4, -0.2) is 69.6 Å². The molecule has 2 N–H and O–H groups in total. The summed E-state index contributed by atoms with van der Waals surface area (Å²) in [5, 5.41) is 10.3. The molecule has 0 spiro atoms. The fourth-order valence-electron chi connectivity index (χ4n) is 5.52. The van der Waals surface area contributed by atoms with Crippen LogP contribution >= 0.6 is 8.53 Å². The number of aliphatic hydroxyl groups is 1. The van der Waals surface area contributed by atoms with E-state index in [2.05, 4.69) is 16.6 Å². The number of aliphatic hydroxyl groups excluding tert-OH is 1. The molecular formula is C28H38N3O9P. The Hall–Kier alpha value is -2.44. The van der Waals surface area contributed by atoms with Gasteiger partial charge < -0.3 is 28.4 Å². The van der Waals surface area contributed by atoms with Crippen LogP contribution < -0.4 is 11.2 Å². The van der Waals surface area contributed by atoms with E-state index in [1.54, 1.807) is 27.7 Å². The maximum atomic E-state index is 12.8. The van der Waals surface area contributed by atoms with Gasteiger partial charge in [0.2, 0.25) is 0 Å². The molecule has 13 heteroatoms. The first-order valence-corrected chi connectivity index (χ1v) is 14.9. The second-order valence-electron chi connectivity index (χ2n) is 11.9. The molecule has 12 nitrogen and oxygen atoms in total. The second kappa shape index (κ2) is 11.7. The molecule has 0 radical (unpaired) electrons. The molecule has 0 saturated carbocycles. The van der Waals surface area contributed by atoms with E-state index < -0.39 is 74.7 Å². The normalized spacial score (nSPS) is 31.9. The smallest absolute Gasteiger partial charge is 0.330 e. The van der Waals surface area contributed by atoms with Crippen LogP contribution in [-0.2, 0) is 33.7 Å². The van der Waals surface area contributed by atoms with Crippen molar-refractivity contribution in [3.63, 3.8) is 0 Å². The highest BCUT2D eigenvalue weighted by Crippen LogP contribution is 2.64. The van der Waals surface area contributed by atoms with Crippen molar-refractivity contribution < 1.29 is 33.2 Å². The Morgan fingerprint density at radius 3 is 2.63 bits per heavy atom. The number of nitrogens with one attached hydrogen (secondary N) is 1. The molecule has 3 aliphatic heterocycles. The molecule has 1 aromatic carbocycles. The van der Waals surface area contributed by atoms with E-state index in [0.717, 1.165) is 24.9 Å². The minimum Gasteiger partial charge on any atom is -0.438 e. The van der Waals surface area contributed by atoms with Gasteiger partial charge in [-0.1, -0.05) is 30.3 Å². The Labute approximate surface area is 239 Å². The van der Waals surface area contributed by atoms with Crippen molar-refractivity contribution in [2.45, 2.75) is 83.6 Å². The first-order chi connectivity index (χ1) is 19.4. The van der Waals surface area contributed by atoms with Gasteiger partial charge >= 0.3 is 11.7 Å². The zero-order chi connectivity index (χ0) is 29.5. The van der Waals surface area contributed by atoms with Gasteiger partial charge in [-0.05, 0) is 53.0 Å². The fourth-order valence-corrected chi connectivity index (χ4v) is 7.68. The van der Waals surface area contributed by atoms with Crippen LogP contribution in [0.25, 0.3) is 0 Å². The van der Waals surface area contributed by atoms with Crippen LogP contribution in [0.5, 0.6) is 0 Å². The Morgan fingerprint density at radius 1 is 1.22 bits per heavy atom. The van der Waals surface area contributed by atoms with Gasteiger partial charge in [0.05, 0.1) is 18.1 Å². The Kier molecular flexibility index (Phi) is 8.56. The van der Waals surface area contributed by atoms with E-state index in [9.17, 15) is 19.5 Å². The summed E-state index contributed by atoms with van der Waals surface area (Å²) in [5.74, 6) is -0.469. The number of nitrogens with zero attached hydrogens (tertiary/aromatic N) is 2. The van der Waals surface area contributed by atoms with Crippen molar-refractivity contribution in [2.75, 3.05) is 19.9 Å². The Morgan fingerprint density at radius 2 is 1.95 bits per heavy atom. The van der Waals surface area contributed by atoms with Gasteiger partial charge in [-0.15, -0.1) is 0 Å². The minimum absolute atomic E-state index is 0.0956. The lowest BCUT2D eigenvalue weighted by molar-refractivity contribution is -0.178. The lowest BCUT2D eigenvalue weighted by Crippen LogP contribution is -2.41. The highest BCUT2D eigenvalue weighted by molar-refractivity contribution is 7.45. The van der Waals surface area contributed by atoms with Crippen molar-refractivity contribution in [2.24, 2.45) is 5.41 Å². The summed E-state index contributed by atoms with van der Waals surface area (Å²) in [7, 11) is -1.61. The molecule has 4 heterocycles. The lowest BCUT2D eigenvalue weighted by Gasteiger charge is -2.29. The van der Waals surface area contributed by atoms with Crippen molar-refractivity contribution in [1.82, 2.24) is 14.2 Å². The van der Waals surface area contributed by atoms with Crippen molar-refractivity contribution in [3.05, 3.63) is 68.5 Å². The number of esters is 1. The molecule has 3 saturated heterocycles. The Bertz CT molecular complexity index is 1360. The molecule has 0 aliphatic carbocycles. The van der Waals surface area contributed by atoms with E-state index in [1.807, 2.05) is 30.3 Å². The molecular weight excluding hydrogens is 553 g/mol. The van der Waals surface area contributed by atoms with E-state index in [-0.39, 0.29) is 11.6 Å². The first kappa shape index (κ1) is 30.0. The molecule has 1 unspecified atom stereocenters. The molecule has 3 aliphatic rings. The van der Waals surface area contributed by atoms with Gasteiger partial charge in [0, 0.05) is 18.3 Å². The number of aromatic nitrogens is 2. The lowest BCUT2D eigenvalue weighted by atomic mass is 9.87. The summed E-state index contributed by atoms with van der Waals surface area (Å²) in [6.45, 7) is 8.74. The molecule has 224 valence electrons. The van der Waals surface area contributed by atoms with Crippen molar-refractivity contribution >= 4 is 14.5 Å². The summed E-state index contributed by atoms with van der Waals surface area (Å²) < 4.78 is 34.2. The molecule has 0 amide bonds. The zero-order valence-corrected chi connectivity index (χ0v) is 24.8. The molecule has 0 bridgehead atoms. The third-order valence-electron chi connectivity index (χ3n) is 7.85. The number of fused-ring (bicyclic) bond motifs is 1. The van der Waals surface area contributed by atoms with Crippen LogP contribution in [0.15, 0.2) is 46.1 Å². The van der Waals surface area contributed by atoms with Crippen LogP contribution in [0.3, 0.4) is 0 Å². The van der Waals surface area contributed by atoms with Crippen molar-refractivity contribution in [3.8, 4) is 0 Å². The number of carbonyl (C=O) groups excluding carboxylic acids is 1. The van der Waals surface area contributed by atoms with Gasteiger partial charge in [-0.25, -0.2) is 9.46 Å². The highest BCUT2D eigenvalue weighted by Gasteiger charge is 2.58.